The standard InChI is InChI=1S/C15H22N4O4/c1-5-8-16-14(20)10(2)17-15(21)11-6-7-12(18(3)4)13(9-11)19(22)23/h6-7,9-10H,5,8H2,1-4H3,(H,16,20)(H,17,21). The Bertz CT molecular complexity index is 601. The van der Waals surface area contributed by atoms with Crippen LogP contribution in [0.3, 0.4) is 0 Å². The molecule has 0 aliphatic heterocycles. The zero-order valence-electron chi connectivity index (χ0n) is 13.8. The summed E-state index contributed by atoms with van der Waals surface area (Å²) in [6.45, 7) is 4.02. The molecule has 2 amide bonds. The van der Waals surface area contributed by atoms with Gasteiger partial charge in [-0.25, -0.2) is 0 Å². The summed E-state index contributed by atoms with van der Waals surface area (Å²) in [4.78, 5) is 36.1. The van der Waals surface area contributed by atoms with Gasteiger partial charge < -0.3 is 15.5 Å². The highest BCUT2D eigenvalue weighted by atomic mass is 16.6. The predicted molar refractivity (Wildman–Crippen MR) is 87.7 cm³/mol. The topological polar surface area (TPSA) is 105 Å². The van der Waals surface area contributed by atoms with Crippen LogP contribution < -0.4 is 15.5 Å². The molecule has 0 fully saturated rings. The van der Waals surface area contributed by atoms with Gasteiger partial charge in [-0.05, 0) is 25.5 Å². The molecule has 1 unspecified atom stereocenters. The molecule has 0 aromatic heterocycles. The fourth-order valence-corrected chi connectivity index (χ4v) is 1.94. The molecule has 23 heavy (non-hydrogen) atoms. The number of hydrogen-bond donors (Lipinski definition) is 2. The lowest BCUT2D eigenvalue weighted by atomic mass is 10.1. The van der Waals surface area contributed by atoms with Crippen molar-refractivity contribution in [3.8, 4) is 0 Å². The van der Waals surface area contributed by atoms with Crippen molar-refractivity contribution in [1.82, 2.24) is 10.6 Å². The van der Waals surface area contributed by atoms with Crippen molar-refractivity contribution >= 4 is 23.2 Å². The first-order valence-corrected chi connectivity index (χ1v) is 7.32. The van der Waals surface area contributed by atoms with Gasteiger partial charge in [-0.3, -0.25) is 19.7 Å². The highest BCUT2D eigenvalue weighted by Gasteiger charge is 2.21. The Morgan fingerprint density at radius 1 is 1.35 bits per heavy atom. The highest BCUT2D eigenvalue weighted by molar-refractivity contribution is 5.98. The third-order valence-electron chi connectivity index (χ3n) is 3.21. The normalized spacial score (nSPS) is 11.5. The number of hydrogen-bond acceptors (Lipinski definition) is 5. The Morgan fingerprint density at radius 3 is 2.52 bits per heavy atom. The molecule has 0 aliphatic carbocycles. The summed E-state index contributed by atoms with van der Waals surface area (Å²) in [5.41, 5.74) is 0.378. The average molecular weight is 322 g/mol. The molecule has 8 heteroatoms. The third kappa shape index (κ3) is 4.94. The van der Waals surface area contributed by atoms with Crippen LogP contribution in [-0.4, -0.2) is 43.4 Å². The Balaban J connectivity index is 2.90. The van der Waals surface area contributed by atoms with Crippen molar-refractivity contribution in [2.75, 3.05) is 25.5 Å². The molecule has 0 aliphatic rings. The first kappa shape index (κ1) is 18.4. The van der Waals surface area contributed by atoms with E-state index in [9.17, 15) is 19.7 Å². The lowest BCUT2D eigenvalue weighted by Crippen LogP contribution is -2.45. The fourth-order valence-electron chi connectivity index (χ4n) is 1.94. The van der Waals surface area contributed by atoms with Gasteiger partial charge in [0.1, 0.15) is 11.7 Å². The molecule has 1 aromatic carbocycles. The minimum absolute atomic E-state index is 0.137. The summed E-state index contributed by atoms with van der Waals surface area (Å²) < 4.78 is 0. The second kappa shape index (κ2) is 8.11. The molecule has 2 N–H and O–H groups in total. The van der Waals surface area contributed by atoms with E-state index >= 15 is 0 Å². The van der Waals surface area contributed by atoms with E-state index in [1.165, 1.54) is 18.2 Å². The van der Waals surface area contributed by atoms with Gasteiger partial charge in [-0.2, -0.15) is 0 Å². The predicted octanol–water partition coefficient (Wildman–Crippen LogP) is 1.31. The van der Waals surface area contributed by atoms with E-state index in [0.29, 0.717) is 12.2 Å². The quantitative estimate of drug-likeness (QED) is 0.581. The van der Waals surface area contributed by atoms with Crippen molar-refractivity contribution in [2.45, 2.75) is 26.3 Å². The molecule has 8 nitrogen and oxygen atoms in total. The maximum absolute atomic E-state index is 12.2. The molecule has 1 aromatic rings. The molecular weight excluding hydrogens is 300 g/mol. The van der Waals surface area contributed by atoms with Crippen molar-refractivity contribution in [3.63, 3.8) is 0 Å². The zero-order chi connectivity index (χ0) is 17.6. The van der Waals surface area contributed by atoms with Gasteiger partial charge in [0.05, 0.1) is 4.92 Å². The van der Waals surface area contributed by atoms with Crippen molar-refractivity contribution in [1.29, 1.82) is 0 Å². The van der Waals surface area contributed by atoms with E-state index in [4.69, 9.17) is 0 Å². The van der Waals surface area contributed by atoms with Crippen LogP contribution in [0.25, 0.3) is 0 Å². The van der Waals surface area contributed by atoms with Gasteiger partial charge in [0.2, 0.25) is 5.91 Å². The van der Waals surface area contributed by atoms with Crippen LogP contribution in [-0.2, 0) is 4.79 Å². The number of carbonyl (C=O) groups excluding carboxylic acids is 2. The Hall–Kier alpha value is -2.64. The number of rotatable bonds is 7. The minimum atomic E-state index is -0.721. The number of anilines is 1. The van der Waals surface area contributed by atoms with Crippen molar-refractivity contribution in [3.05, 3.63) is 33.9 Å². The molecule has 0 spiro atoms. The van der Waals surface area contributed by atoms with Crippen LogP contribution in [0, 0.1) is 10.1 Å². The lowest BCUT2D eigenvalue weighted by Gasteiger charge is -2.15. The monoisotopic (exact) mass is 322 g/mol. The molecule has 0 saturated heterocycles. The van der Waals surface area contributed by atoms with E-state index in [0.717, 1.165) is 6.42 Å². The van der Waals surface area contributed by atoms with Gasteiger partial charge in [0.15, 0.2) is 0 Å². The molecule has 126 valence electrons. The molecule has 1 rings (SSSR count). The van der Waals surface area contributed by atoms with Gasteiger partial charge in [0.25, 0.3) is 11.6 Å². The largest absolute Gasteiger partial charge is 0.372 e. The number of nitrogens with one attached hydrogen (secondary N) is 2. The molecule has 0 saturated carbocycles. The van der Waals surface area contributed by atoms with Crippen LogP contribution in [0.1, 0.15) is 30.6 Å². The summed E-state index contributed by atoms with van der Waals surface area (Å²) >= 11 is 0. The fraction of sp³-hybridized carbons (Fsp3) is 0.467. The summed E-state index contributed by atoms with van der Waals surface area (Å²) in [6, 6.07) is 3.49. The van der Waals surface area contributed by atoms with Crippen LogP contribution in [0.15, 0.2) is 18.2 Å². The first-order valence-electron chi connectivity index (χ1n) is 7.32. The second-order valence-corrected chi connectivity index (χ2v) is 5.34. The first-order chi connectivity index (χ1) is 10.8. The Kier molecular flexibility index (Phi) is 6.49. The average Bonchev–Trinajstić information content (AvgIpc) is 2.51. The molecular formula is C15H22N4O4. The van der Waals surface area contributed by atoms with Crippen molar-refractivity contribution < 1.29 is 14.5 Å². The number of nitro groups is 1. The maximum atomic E-state index is 12.2. The number of nitrogens with zero attached hydrogens (tertiary/aromatic N) is 2. The number of carbonyl (C=O) groups is 2. The third-order valence-corrected chi connectivity index (χ3v) is 3.21. The molecule has 0 heterocycles. The Labute approximate surface area is 135 Å². The number of benzene rings is 1. The van der Waals surface area contributed by atoms with E-state index in [2.05, 4.69) is 10.6 Å². The van der Waals surface area contributed by atoms with Crippen molar-refractivity contribution in [2.24, 2.45) is 0 Å². The molecule has 0 radical (unpaired) electrons. The molecule has 0 bridgehead atoms. The van der Waals surface area contributed by atoms with Crippen LogP contribution in [0.2, 0.25) is 0 Å². The smallest absolute Gasteiger partial charge is 0.293 e. The Morgan fingerprint density at radius 2 is 2.00 bits per heavy atom. The summed E-state index contributed by atoms with van der Waals surface area (Å²) in [6.07, 6.45) is 0.796. The second-order valence-electron chi connectivity index (χ2n) is 5.34. The van der Waals surface area contributed by atoms with E-state index < -0.39 is 16.9 Å². The summed E-state index contributed by atoms with van der Waals surface area (Å²) in [5.74, 6) is -0.822. The van der Waals surface area contributed by atoms with E-state index in [-0.39, 0.29) is 17.2 Å². The van der Waals surface area contributed by atoms with E-state index in [1.54, 1.807) is 25.9 Å². The van der Waals surface area contributed by atoms with Gasteiger partial charge in [-0.15, -0.1) is 0 Å². The highest BCUT2D eigenvalue weighted by Crippen LogP contribution is 2.27. The van der Waals surface area contributed by atoms with Crippen LogP contribution in [0.4, 0.5) is 11.4 Å². The van der Waals surface area contributed by atoms with Gasteiger partial charge in [0, 0.05) is 32.3 Å². The SMILES string of the molecule is CCCNC(=O)C(C)NC(=O)c1ccc(N(C)C)c([N+](=O)[O-])c1. The van der Waals surface area contributed by atoms with Gasteiger partial charge >= 0.3 is 0 Å². The number of nitro benzene ring substituents is 1. The number of amides is 2. The van der Waals surface area contributed by atoms with Gasteiger partial charge in [-0.1, -0.05) is 6.92 Å². The zero-order valence-corrected chi connectivity index (χ0v) is 13.8. The maximum Gasteiger partial charge on any atom is 0.293 e. The summed E-state index contributed by atoms with van der Waals surface area (Å²) in [5, 5.41) is 16.3. The van der Waals surface area contributed by atoms with Crippen LogP contribution >= 0.6 is 0 Å². The molecule has 1 atom stereocenters. The van der Waals surface area contributed by atoms with E-state index in [1.807, 2.05) is 6.92 Å². The minimum Gasteiger partial charge on any atom is -0.372 e. The summed E-state index contributed by atoms with van der Waals surface area (Å²) in [7, 11) is 3.37. The van der Waals surface area contributed by atoms with Crippen LogP contribution in [0.5, 0.6) is 0 Å². The lowest BCUT2D eigenvalue weighted by molar-refractivity contribution is -0.384.